The van der Waals surface area contributed by atoms with E-state index in [1.807, 2.05) is 24.3 Å². The molecule has 2 aromatic carbocycles. The summed E-state index contributed by atoms with van der Waals surface area (Å²) in [7, 11) is 1.61. The Bertz CT molecular complexity index is 1160. The van der Waals surface area contributed by atoms with Gasteiger partial charge in [-0.15, -0.1) is 11.3 Å². The van der Waals surface area contributed by atoms with Crippen molar-refractivity contribution in [3.05, 3.63) is 75.7 Å². The van der Waals surface area contributed by atoms with Gasteiger partial charge in [-0.1, -0.05) is 48.5 Å². The second-order valence-corrected chi connectivity index (χ2v) is 8.97. The zero-order valence-corrected chi connectivity index (χ0v) is 19.5. The third-order valence-corrected chi connectivity index (χ3v) is 6.58. The zero-order chi connectivity index (χ0) is 24.1. The van der Waals surface area contributed by atoms with Crippen LogP contribution in [0.15, 0.2) is 53.9 Å². The quantitative estimate of drug-likeness (QED) is 0.478. The minimum absolute atomic E-state index is 0.00396. The van der Waals surface area contributed by atoms with Gasteiger partial charge in [0.15, 0.2) is 0 Å². The molecule has 0 bridgehead atoms. The lowest BCUT2D eigenvalue weighted by Crippen LogP contribution is -2.28. The van der Waals surface area contributed by atoms with Crippen LogP contribution >= 0.6 is 11.3 Å². The normalized spacial score (nSPS) is 12.0. The molecule has 4 rings (SSSR count). The molecule has 2 N–H and O–H groups in total. The number of carbonyl (C=O) groups excluding carboxylic acids is 2. The summed E-state index contributed by atoms with van der Waals surface area (Å²) in [5.41, 5.74) is 4.89. The van der Waals surface area contributed by atoms with E-state index in [1.54, 1.807) is 12.4 Å². The lowest BCUT2D eigenvalue weighted by Gasteiger charge is -2.15. The Hall–Kier alpha value is -3.72. The lowest BCUT2D eigenvalue weighted by molar-refractivity contribution is -0.137. The monoisotopic (exact) mass is 479 g/mol. The highest BCUT2D eigenvalue weighted by Gasteiger charge is 2.29. The molecule has 1 aromatic heterocycles. The number of nitrogens with one attached hydrogen (secondary N) is 1. The maximum absolute atomic E-state index is 12.4. The van der Waals surface area contributed by atoms with Crippen LogP contribution < -0.4 is 5.32 Å². The fourth-order valence-electron chi connectivity index (χ4n) is 4.05. The molecule has 1 heterocycles. The Morgan fingerprint density at radius 2 is 1.74 bits per heavy atom. The largest absolute Gasteiger partial charge is 0.481 e. The standard InChI is InChI=1S/C25H25N3O5S/c1-28(12-6-11-23(29)30)24(31)21-15-34-22(27-21)13-26-25(32)33-14-20-18-9-4-2-7-16(18)17-8-3-5-10-19(17)20/h2-5,7-10,15,20H,6,11-14H2,1H3,(H,26,32)(H,29,30). The lowest BCUT2D eigenvalue weighted by atomic mass is 9.98. The highest BCUT2D eigenvalue weighted by Crippen LogP contribution is 2.44. The number of ether oxygens (including phenoxy) is 1. The van der Waals surface area contributed by atoms with Crippen molar-refractivity contribution in [1.29, 1.82) is 0 Å². The molecule has 8 nitrogen and oxygen atoms in total. The number of benzene rings is 2. The molecule has 0 saturated heterocycles. The molecule has 0 aliphatic heterocycles. The predicted molar refractivity (Wildman–Crippen MR) is 128 cm³/mol. The van der Waals surface area contributed by atoms with Gasteiger partial charge in [0.25, 0.3) is 5.91 Å². The average molecular weight is 480 g/mol. The Kier molecular flexibility index (Phi) is 7.22. The number of carboxylic acid groups (broad SMARTS) is 1. The van der Waals surface area contributed by atoms with Crippen molar-refractivity contribution in [1.82, 2.24) is 15.2 Å². The van der Waals surface area contributed by atoms with Gasteiger partial charge in [0, 0.05) is 31.3 Å². The summed E-state index contributed by atoms with van der Waals surface area (Å²) in [5.74, 6) is -1.19. The first-order valence-electron chi connectivity index (χ1n) is 10.9. The molecule has 0 spiro atoms. The van der Waals surface area contributed by atoms with E-state index in [4.69, 9.17) is 9.84 Å². The van der Waals surface area contributed by atoms with Crippen LogP contribution in [0.4, 0.5) is 4.79 Å². The number of aliphatic carboxylic acids is 1. The van der Waals surface area contributed by atoms with Crippen LogP contribution in [-0.4, -0.2) is 53.2 Å². The number of hydrogen-bond donors (Lipinski definition) is 2. The summed E-state index contributed by atoms with van der Waals surface area (Å²) in [6, 6.07) is 16.3. The molecule has 0 saturated carbocycles. The van der Waals surface area contributed by atoms with Gasteiger partial charge in [-0.25, -0.2) is 9.78 Å². The second-order valence-electron chi connectivity index (χ2n) is 8.03. The van der Waals surface area contributed by atoms with E-state index in [-0.39, 0.29) is 37.1 Å². The fraction of sp³-hybridized carbons (Fsp3) is 0.280. The third kappa shape index (κ3) is 5.26. The van der Waals surface area contributed by atoms with Gasteiger partial charge in [0.2, 0.25) is 0 Å². The van der Waals surface area contributed by atoms with Crippen LogP contribution in [0.2, 0.25) is 0 Å². The zero-order valence-electron chi connectivity index (χ0n) is 18.7. The van der Waals surface area contributed by atoms with E-state index < -0.39 is 12.1 Å². The van der Waals surface area contributed by atoms with Crippen molar-refractivity contribution in [2.75, 3.05) is 20.2 Å². The number of carboxylic acids is 1. The first kappa shape index (κ1) is 23.4. The molecule has 1 aliphatic carbocycles. The van der Waals surface area contributed by atoms with E-state index in [1.165, 1.54) is 27.4 Å². The predicted octanol–water partition coefficient (Wildman–Crippen LogP) is 4.12. The second kappa shape index (κ2) is 10.5. The first-order valence-corrected chi connectivity index (χ1v) is 11.8. The van der Waals surface area contributed by atoms with E-state index >= 15 is 0 Å². The number of hydrogen-bond acceptors (Lipinski definition) is 6. The topological polar surface area (TPSA) is 109 Å². The van der Waals surface area contributed by atoms with E-state index in [9.17, 15) is 14.4 Å². The molecular weight excluding hydrogens is 454 g/mol. The number of carbonyl (C=O) groups is 3. The van der Waals surface area contributed by atoms with E-state index in [0.29, 0.717) is 18.0 Å². The summed E-state index contributed by atoms with van der Waals surface area (Å²) in [4.78, 5) is 41.1. The van der Waals surface area contributed by atoms with Gasteiger partial charge >= 0.3 is 12.1 Å². The maximum atomic E-state index is 12.4. The van der Waals surface area contributed by atoms with E-state index in [0.717, 1.165) is 11.1 Å². The number of nitrogens with zero attached hydrogens (tertiary/aromatic N) is 2. The van der Waals surface area contributed by atoms with Crippen LogP contribution in [-0.2, 0) is 16.1 Å². The average Bonchev–Trinajstić information content (AvgIpc) is 3.43. The highest BCUT2D eigenvalue weighted by molar-refractivity contribution is 7.09. The maximum Gasteiger partial charge on any atom is 0.407 e. The minimum Gasteiger partial charge on any atom is -0.481 e. The molecule has 34 heavy (non-hydrogen) atoms. The summed E-state index contributed by atoms with van der Waals surface area (Å²) in [5, 5.41) is 13.6. The number of fused-ring (bicyclic) bond motifs is 3. The highest BCUT2D eigenvalue weighted by atomic mass is 32.1. The first-order chi connectivity index (χ1) is 16.4. The van der Waals surface area contributed by atoms with Gasteiger partial charge in [-0.2, -0.15) is 0 Å². The third-order valence-electron chi connectivity index (χ3n) is 5.73. The van der Waals surface area contributed by atoms with Crippen molar-refractivity contribution < 1.29 is 24.2 Å². The van der Waals surface area contributed by atoms with Gasteiger partial charge in [-0.05, 0) is 28.7 Å². The number of aromatic nitrogens is 1. The van der Waals surface area contributed by atoms with Crippen molar-refractivity contribution >= 4 is 29.3 Å². The number of alkyl carbamates (subject to hydrolysis) is 1. The van der Waals surface area contributed by atoms with Gasteiger partial charge in [0.1, 0.15) is 17.3 Å². The molecule has 176 valence electrons. The summed E-state index contributed by atoms with van der Waals surface area (Å²) < 4.78 is 5.52. The summed E-state index contributed by atoms with van der Waals surface area (Å²) >= 11 is 1.27. The van der Waals surface area contributed by atoms with Crippen LogP contribution in [0.3, 0.4) is 0 Å². The molecule has 9 heteroatoms. The van der Waals surface area contributed by atoms with Gasteiger partial charge < -0.3 is 20.1 Å². The number of rotatable bonds is 9. The van der Waals surface area contributed by atoms with Crippen molar-refractivity contribution in [2.24, 2.45) is 0 Å². The van der Waals surface area contributed by atoms with Crippen molar-refractivity contribution in [3.63, 3.8) is 0 Å². The summed E-state index contributed by atoms with van der Waals surface area (Å²) in [6.07, 6.45) is -0.169. The molecule has 3 aromatic rings. The Labute approximate surface area is 201 Å². The van der Waals surface area contributed by atoms with Gasteiger partial charge in [-0.3, -0.25) is 9.59 Å². The van der Waals surface area contributed by atoms with Crippen LogP contribution in [0.25, 0.3) is 11.1 Å². The minimum atomic E-state index is -0.892. The van der Waals surface area contributed by atoms with Crippen molar-refractivity contribution in [3.8, 4) is 11.1 Å². The summed E-state index contributed by atoms with van der Waals surface area (Å²) in [6.45, 7) is 0.704. The molecule has 0 radical (unpaired) electrons. The van der Waals surface area contributed by atoms with Crippen LogP contribution in [0.5, 0.6) is 0 Å². The molecule has 2 amide bonds. The fourth-order valence-corrected chi connectivity index (χ4v) is 4.76. The SMILES string of the molecule is CN(CCCC(=O)O)C(=O)c1csc(CNC(=O)OCC2c3ccccc3-c3ccccc32)n1. The number of amides is 2. The Morgan fingerprint density at radius 1 is 1.09 bits per heavy atom. The molecule has 0 unspecified atom stereocenters. The number of thiazole rings is 1. The Morgan fingerprint density at radius 3 is 2.38 bits per heavy atom. The van der Waals surface area contributed by atoms with Crippen molar-refractivity contribution in [2.45, 2.75) is 25.3 Å². The Balaban J connectivity index is 1.28. The van der Waals surface area contributed by atoms with E-state index in [2.05, 4.69) is 34.6 Å². The smallest absolute Gasteiger partial charge is 0.407 e. The molecular formula is C25H25N3O5S. The molecule has 0 atom stereocenters. The van der Waals surface area contributed by atoms with Gasteiger partial charge in [0.05, 0.1) is 6.54 Å². The van der Waals surface area contributed by atoms with Crippen LogP contribution in [0.1, 0.15) is 45.4 Å². The molecule has 1 aliphatic rings. The molecule has 0 fully saturated rings. The van der Waals surface area contributed by atoms with Crippen LogP contribution in [0, 0.1) is 0 Å².